The number of carbonyl (C=O) groups is 1. The lowest BCUT2D eigenvalue weighted by atomic mass is 10.0. The Morgan fingerprint density at radius 2 is 2.04 bits per heavy atom. The van der Waals surface area contributed by atoms with E-state index in [9.17, 15) is 9.18 Å². The van der Waals surface area contributed by atoms with Crippen LogP contribution in [-0.2, 0) is 4.74 Å². The summed E-state index contributed by atoms with van der Waals surface area (Å²) >= 11 is 11.7. The van der Waals surface area contributed by atoms with Gasteiger partial charge in [0.1, 0.15) is 16.9 Å². The zero-order valence-electron chi connectivity index (χ0n) is 15.5. The van der Waals surface area contributed by atoms with Crippen molar-refractivity contribution >= 4 is 46.0 Å². The molecule has 2 aromatic heterocycles. The quantitative estimate of drug-likeness (QED) is 0.560. The molecule has 3 rings (SSSR count). The first-order chi connectivity index (χ1) is 12.5. The summed E-state index contributed by atoms with van der Waals surface area (Å²) in [7, 11) is 1.82. The molecule has 0 aliphatic carbocycles. The number of carbonyl (C=O) groups excluding carboxylic acids is 1. The van der Waals surface area contributed by atoms with Crippen molar-refractivity contribution in [2.75, 3.05) is 31.6 Å². The average Bonchev–Trinajstić information content (AvgIpc) is 2.51. The van der Waals surface area contributed by atoms with Gasteiger partial charge in [-0.15, -0.1) is 0 Å². The fourth-order valence-electron chi connectivity index (χ4n) is 2.92. The first-order valence-electron chi connectivity index (χ1n) is 8.41. The molecule has 0 radical (unpaired) electrons. The topological polar surface area (TPSA) is 71.5 Å². The molecule has 2 aromatic rings. The molecule has 27 heavy (non-hydrogen) atoms. The van der Waals surface area contributed by atoms with Crippen LogP contribution in [0.25, 0.3) is 10.9 Å². The van der Waals surface area contributed by atoms with E-state index < -0.39 is 11.4 Å². The van der Waals surface area contributed by atoms with Crippen LogP contribution in [0.5, 0.6) is 0 Å². The van der Waals surface area contributed by atoms with Gasteiger partial charge in [-0.25, -0.2) is 19.2 Å². The molecule has 0 aromatic carbocycles. The number of fused-ring (bicyclic) bond motifs is 1. The molecule has 1 saturated heterocycles. The second-order valence-corrected chi connectivity index (χ2v) is 8.27. The number of aromatic nitrogens is 3. The monoisotopic (exact) mass is 415 g/mol. The molecule has 0 unspecified atom stereocenters. The molecule has 0 spiro atoms. The van der Waals surface area contributed by atoms with Gasteiger partial charge >= 0.3 is 6.09 Å². The molecular weight excluding hydrogens is 396 g/mol. The van der Waals surface area contributed by atoms with Crippen molar-refractivity contribution in [1.29, 1.82) is 0 Å². The molecule has 1 aliphatic rings. The fourth-order valence-corrected chi connectivity index (χ4v) is 3.22. The Hall–Kier alpha value is -1.93. The highest BCUT2D eigenvalue weighted by Gasteiger charge is 2.34. The van der Waals surface area contributed by atoms with Gasteiger partial charge in [0.05, 0.1) is 5.39 Å². The molecule has 0 bridgehead atoms. The first-order valence-corrected chi connectivity index (χ1v) is 9.17. The van der Waals surface area contributed by atoms with Crippen LogP contribution in [0.15, 0.2) is 6.20 Å². The van der Waals surface area contributed by atoms with Crippen LogP contribution in [0.4, 0.5) is 15.0 Å². The SMILES string of the molecule is CN(CC1CN(C(=O)OC(C)(C)C)C1)c1nc(Cl)nc2c(F)c(Cl)ncc12. The molecule has 1 aliphatic heterocycles. The van der Waals surface area contributed by atoms with Gasteiger partial charge in [-0.1, -0.05) is 11.6 Å². The summed E-state index contributed by atoms with van der Waals surface area (Å²) < 4.78 is 19.6. The van der Waals surface area contributed by atoms with Crippen molar-refractivity contribution < 1.29 is 13.9 Å². The van der Waals surface area contributed by atoms with E-state index >= 15 is 0 Å². The fraction of sp³-hybridized carbons (Fsp3) is 0.529. The maximum Gasteiger partial charge on any atom is 0.410 e. The van der Waals surface area contributed by atoms with Gasteiger partial charge in [0, 0.05) is 38.8 Å². The van der Waals surface area contributed by atoms with Crippen LogP contribution in [0.1, 0.15) is 20.8 Å². The highest BCUT2D eigenvalue weighted by Crippen LogP contribution is 2.30. The lowest BCUT2D eigenvalue weighted by Gasteiger charge is -2.41. The van der Waals surface area contributed by atoms with E-state index in [1.807, 2.05) is 32.7 Å². The predicted octanol–water partition coefficient (Wildman–Crippen LogP) is 3.77. The smallest absolute Gasteiger partial charge is 0.410 e. The summed E-state index contributed by atoms with van der Waals surface area (Å²) in [5.74, 6) is -0.0342. The predicted molar refractivity (Wildman–Crippen MR) is 102 cm³/mol. The number of likely N-dealkylation sites (tertiary alicyclic amines) is 1. The summed E-state index contributed by atoms with van der Waals surface area (Å²) in [5, 5.41) is 0.0829. The van der Waals surface area contributed by atoms with E-state index in [4.69, 9.17) is 27.9 Å². The largest absolute Gasteiger partial charge is 0.444 e. The molecule has 0 atom stereocenters. The van der Waals surface area contributed by atoms with Crippen molar-refractivity contribution in [3.63, 3.8) is 0 Å². The minimum atomic E-state index is -0.729. The van der Waals surface area contributed by atoms with Crippen molar-refractivity contribution in [2.24, 2.45) is 5.92 Å². The van der Waals surface area contributed by atoms with Crippen LogP contribution < -0.4 is 4.90 Å². The van der Waals surface area contributed by atoms with Crippen molar-refractivity contribution in [3.8, 4) is 0 Å². The van der Waals surface area contributed by atoms with E-state index in [-0.39, 0.29) is 28.0 Å². The second kappa shape index (κ2) is 7.24. The first kappa shape index (κ1) is 19.8. The number of anilines is 1. The van der Waals surface area contributed by atoms with Gasteiger partial charge < -0.3 is 14.5 Å². The number of hydrogen-bond donors (Lipinski definition) is 0. The molecule has 3 heterocycles. The van der Waals surface area contributed by atoms with Gasteiger partial charge in [-0.3, -0.25) is 0 Å². The van der Waals surface area contributed by atoms with Gasteiger partial charge in [-0.05, 0) is 32.4 Å². The Morgan fingerprint density at radius 3 is 2.67 bits per heavy atom. The molecule has 10 heteroatoms. The van der Waals surface area contributed by atoms with E-state index in [0.717, 1.165) is 0 Å². The minimum absolute atomic E-state index is 0.0286. The lowest BCUT2D eigenvalue weighted by molar-refractivity contribution is 0.000181. The number of rotatable bonds is 3. The molecule has 146 valence electrons. The zero-order valence-corrected chi connectivity index (χ0v) is 17.0. The Kier molecular flexibility index (Phi) is 5.31. The van der Waals surface area contributed by atoms with Gasteiger partial charge in [-0.2, -0.15) is 4.98 Å². The highest BCUT2D eigenvalue weighted by atomic mass is 35.5. The number of halogens is 3. The Balaban J connectivity index is 1.70. The molecule has 0 N–H and O–H groups in total. The molecule has 7 nitrogen and oxygen atoms in total. The number of hydrogen-bond acceptors (Lipinski definition) is 6. The Labute approximate surface area is 166 Å². The molecular formula is C17H20Cl2FN5O2. The second-order valence-electron chi connectivity index (χ2n) is 7.57. The van der Waals surface area contributed by atoms with Gasteiger partial charge in [0.25, 0.3) is 0 Å². The maximum absolute atomic E-state index is 14.2. The molecule has 1 amide bonds. The number of pyridine rings is 1. The summed E-state index contributed by atoms with van der Waals surface area (Å²) in [6, 6.07) is 0. The third-order valence-electron chi connectivity index (χ3n) is 4.10. The van der Waals surface area contributed by atoms with Gasteiger partial charge in [0.2, 0.25) is 5.28 Å². The van der Waals surface area contributed by atoms with E-state index in [1.54, 1.807) is 4.90 Å². The van der Waals surface area contributed by atoms with Crippen molar-refractivity contribution in [2.45, 2.75) is 26.4 Å². The molecule has 0 saturated carbocycles. The van der Waals surface area contributed by atoms with Crippen LogP contribution in [0, 0.1) is 11.7 Å². The van der Waals surface area contributed by atoms with Crippen LogP contribution >= 0.6 is 23.2 Å². The summed E-state index contributed by atoms with van der Waals surface area (Å²) in [5.41, 5.74) is -0.491. The number of nitrogens with zero attached hydrogens (tertiary/aromatic N) is 5. The maximum atomic E-state index is 14.2. The average molecular weight is 416 g/mol. The Morgan fingerprint density at radius 1 is 1.37 bits per heavy atom. The third kappa shape index (κ3) is 4.32. The number of amides is 1. The van der Waals surface area contributed by atoms with Gasteiger partial charge in [0.15, 0.2) is 11.0 Å². The van der Waals surface area contributed by atoms with Crippen LogP contribution in [-0.4, -0.2) is 58.2 Å². The van der Waals surface area contributed by atoms with E-state index in [2.05, 4.69) is 15.0 Å². The van der Waals surface area contributed by atoms with Crippen LogP contribution in [0.3, 0.4) is 0 Å². The summed E-state index contributed by atoms with van der Waals surface area (Å²) in [6.45, 7) is 7.26. The zero-order chi connectivity index (χ0) is 19.9. The highest BCUT2D eigenvalue weighted by molar-refractivity contribution is 6.30. The lowest BCUT2D eigenvalue weighted by Crippen LogP contribution is -2.54. The van der Waals surface area contributed by atoms with E-state index in [1.165, 1.54) is 6.20 Å². The number of ether oxygens (including phenoxy) is 1. The summed E-state index contributed by atoms with van der Waals surface area (Å²) in [4.78, 5) is 27.5. The van der Waals surface area contributed by atoms with E-state index in [0.29, 0.717) is 30.8 Å². The van der Waals surface area contributed by atoms with Crippen LogP contribution in [0.2, 0.25) is 10.4 Å². The van der Waals surface area contributed by atoms with Crippen molar-refractivity contribution in [3.05, 3.63) is 22.5 Å². The minimum Gasteiger partial charge on any atom is -0.444 e. The Bertz CT molecular complexity index is 884. The van der Waals surface area contributed by atoms with Crippen molar-refractivity contribution in [1.82, 2.24) is 19.9 Å². The standard InChI is InChI=1S/C17H20Cl2FN5O2/c1-17(2,3)27-16(26)25-7-9(8-25)6-24(4)14-10-5-21-13(18)11(20)12(10)22-15(19)23-14/h5,9H,6-8H2,1-4H3. The third-order valence-corrected chi connectivity index (χ3v) is 4.53. The molecule has 1 fully saturated rings. The summed E-state index contributed by atoms with van der Waals surface area (Å²) in [6.07, 6.45) is 1.11. The normalized spacial score (nSPS) is 15.0.